The monoisotopic (exact) mass is 459 g/mol. The van der Waals surface area contributed by atoms with Crippen LogP contribution in [-0.4, -0.2) is 62.1 Å². The van der Waals surface area contributed by atoms with Crippen LogP contribution >= 0.6 is 0 Å². The van der Waals surface area contributed by atoms with Crippen LogP contribution in [0.1, 0.15) is 6.92 Å². The smallest absolute Gasteiger partial charge is 0.326 e. The van der Waals surface area contributed by atoms with Gasteiger partial charge in [-0.2, -0.15) is 20.1 Å². The summed E-state index contributed by atoms with van der Waals surface area (Å²) < 4.78 is 43.1. The van der Waals surface area contributed by atoms with Crippen LogP contribution in [0.15, 0.2) is 24.4 Å². The minimum absolute atomic E-state index is 0.111. The molecule has 0 amide bonds. The molecule has 0 radical (unpaired) electrons. The third kappa shape index (κ3) is 4.57. The number of ether oxygens (including phenoxy) is 3. The van der Waals surface area contributed by atoms with Gasteiger partial charge in [0.1, 0.15) is 11.6 Å². The Kier molecular flexibility index (Phi) is 6.13. The number of nitrogens with zero attached hydrogens (tertiary/aromatic N) is 5. The van der Waals surface area contributed by atoms with Gasteiger partial charge in [0.15, 0.2) is 17.2 Å². The standard InChI is InChI=1S/C20H19F2N7O4/c1-9(30)7-23-16-14-15(11-8-24-19(32-3)27-18(11)31-2)28-29-17(14)26-20(25-16)33-13-5-4-10(21)6-12(13)22/h4-6,8-9,30H,7H2,1-3H3,(H2,23,25,26,28,29). The molecule has 0 saturated carbocycles. The Bertz CT molecular complexity index is 1300. The Morgan fingerprint density at radius 2 is 1.94 bits per heavy atom. The first-order valence-corrected chi connectivity index (χ1v) is 9.66. The number of aliphatic hydroxyl groups is 1. The lowest BCUT2D eigenvalue weighted by Gasteiger charge is -2.12. The van der Waals surface area contributed by atoms with E-state index in [0.29, 0.717) is 22.7 Å². The normalized spacial score (nSPS) is 11.9. The maximum atomic E-state index is 14.0. The van der Waals surface area contributed by atoms with Gasteiger partial charge in [0.2, 0.25) is 5.88 Å². The van der Waals surface area contributed by atoms with Gasteiger partial charge in [0.25, 0.3) is 0 Å². The fraction of sp³-hybridized carbons (Fsp3) is 0.250. The van der Waals surface area contributed by atoms with Gasteiger partial charge in [-0.15, -0.1) is 0 Å². The average Bonchev–Trinajstić information content (AvgIpc) is 3.22. The maximum Gasteiger partial charge on any atom is 0.326 e. The van der Waals surface area contributed by atoms with Gasteiger partial charge >= 0.3 is 12.0 Å². The molecule has 0 aliphatic carbocycles. The van der Waals surface area contributed by atoms with Crippen molar-refractivity contribution in [3.63, 3.8) is 0 Å². The first-order valence-electron chi connectivity index (χ1n) is 9.66. The van der Waals surface area contributed by atoms with Crippen LogP contribution in [-0.2, 0) is 0 Å². The van der Waals surface area contributed by atoms with Crippen molar-refractivity contribution < 1.29 is 28.1 Å². The second kappa shape index (κ2) is 9.16. The molecular formula is C20H19F2N7O4. The summed E-state index contributed by atoms with van der Waals surface area (Å²) in [5.74, 6) is -1.48. The van der Waals surface area contributed by atoms with E-state index in [1.165, 1.54) is 20.4 Å². The molecule has 33 heavy (non-hydrogen) atoms. The van der Waals surface area contributed by atoms with E-state index in [1.807, 2.05) is 0 Å². The van der Waals surface area contributed by atoms with Gasteiger partial charge in [-0.05, 0) is 19.1 Å². The molecule has 0 aliphatic rings. The fourth-order valence-electron chi connectivity index (χ4n) is 2.95. The number of rotatable bonds is 8. The van der Waals surface area contributed by atoms with Crippen molar-refractivity contribution in [1.29, 1.82) is 0 Å². The number of fused-ring (bicyclic) bond motifs is 1. The first kappa shape index (κ1) is 22.1. The molecule has 11 nitrogen and oxygen atoms in total. The SMILES string of the molecule is COc1ncc(-c2[nH]nc3nc(Oc4ccc(F)cc4F)nc(NCC(C)O)c23)c(OC)n1. The average molecular weight is 459 g/mol. The Hall–Kier alpha value is -4.13. The zero-order valence-corrected chi connectivity index (χ0v) is 17.8. The fourth-order valence-corrected chi connectivity index (χ4v) is 2.95. The summed E-state index contributed by atoms with van der Waals surface area (Å²) in [5, 5.41) is 20.2. The minimum atomic E-state index is -0.917. The molecule has 4 aromatic rings. The van der Waals surface area contributed by atoms with Crippen molar-refractivity contribution in [2.45, 2.75) is 13.0 Å². The molecule has 3 heterocycles. The lowest BCUT2D eigenvalue weighted by atomic mass is 10.1. The van der Waals surface area contributed by atoms with Crippen LogP contribution in [0.4, 0.5) is 14.6 Å². The highest BCUT2D eigenvalue weighted by Crippen LogP contribution is 2.36. The topological polar surface area (TPSA) is 140 Å². The molecule has 3 N–H and O–H groups in total. The third-order valence-electron chi connectivity index (χ3n) is 4.43. The number of H-pyrrole nitrogens is 1. The van der Waals surface area contributed by atoms with Crippen molar-refractivity contribution in [2.24, 2.45) is 0 Å². The van der Waals surface area contributed by atoms with Crippen molar-refractivity contribution in [3.05, 3.63) is 36.0 Å². The number of methoxy groups -OCH3 is 2. The van der Waals surface area contributed by atoms with Gasteiger partial charge in [-0.3, -0.25) is 5.10 Å². The highest BCUT2D eigenvalue weighted by molar-refractivity contribution is 5.99. The molecule has 13 heteroatoms. The number of aromatic nitrogens is 6. The second-order valence-electron chi connectivity index (χ2n) is 6.84. The summed E-state index contributed by atoms with van der Waals surface area (Å²) in [6.07, 6.45) is 0.775. The van der Waals surface area contributed by atoms with E-state index >= 15 is 0 Å². The third-order valence-corrected chi connectivity index (χ3v) is 4.43. The van der Waals surface area contributed by atoms with Crippen molar-refractivity contribution in [1.82, 2.24) is 30.1 Å². The Morgan fingerprint density at radius 1 is 1.12 bits per heavy atom. The summed E-state index contributed by atoms with van der Waals surface area (Å²) in [7, 11) is 2.87. The Labute approximate surface area is 185 Å². The van der Waals surface area contributed by atoms with Crippen LogP contribution in [0.5, 0.6) is 23.7 Å². The molecule has 172 valence electrons. The highest BCUT2D eigenvalue weighted by Gasteiger charge is 2.22. The number of benzene rings is 1. The van der Waals surface area contributed by atoms with Crippen LogP contribution in [0.25, 0.3) is 22.3 Å². The summed E-state index contributed by atoms with van der Waals surface area (Å²) >= 11 is 0. The maximum absolute atomic E-state index is 14.0. The van der Waals surface area contributed by atoms with Gasteiger partial charge < -0.3 is 24.6 Å². The van der Waals surface area contributed by atoms with Crippen LogP contribution in [0.2, 0.25) is 0 Å². The summed E-state index contributed by atoms with van der Waals surface area (Å²) in [4.78, 5) is 16.8. The molecule has 0 fully saturated rings. The number of nitrogens with one attached hydrogen (secondary N) is 2. The van der Waals surface area contributed by atoms with E-state index < -0.39 is 17.7 Å². The molecule has 0 spiro atoms. The van der Waals surface area contributed by atoms with E-state index in [1.54, 1.807) is 6.92 Å². The molecular weight excluding hydrogens is 440 g/mol. The van der Waals surface area contributed by atoms with Gasteiger partial charge in [0.05, 0.1) is 37.0 Å². The predicted octanol–water partition coefficient (Wildman–Crippen LogP) is 2.69. The molecule has 1 aromatic carbocycles. The van der Waals surface area contributed by atoms with Gasteiger partial charge in [-0.25, -0.2) is 13.8 Å². The summed E-state index contributed by atoms with van der Waals surface area (Å²) in [6.45, 7) is 1.73. The highest BCUT2D eigenvalue weighted by atomic mass is 19.1. The van der Waals surface area contributed by atoms with Crippen molar-refractivity contribution in [2.75, 3.05) is 26.1 Å². The zero-order chi connectivity index (χ0) is 23.5. The van der Waals surface area contributed by atoms with Gasteiger partial charge in [0, 0.05) is 18.8 Å². The van der Waals surface area contributed by atoms with Crippen LogP contribution < -0.4 is 19.5 Å². The summed E-state index contributed by atoms with van der Waals surface area (Å²) in [5.41, 5.74) is 1.04. The number of aromatic amines is 1. The quantitative estimate of drug-likeness (QED) is 0.360. The molecule has 1 atom stereocenters. The lowest BCUT2D eigenvalue weighted by Crippen LogP contribution is -2.16. The van der Waals surface area contributed by atoms with E-state index in [4.69, 9.17) is 14.2 Å². The first-order chi connectivity index (χ1) is 15.9. The summed E-state index contributed by atoms with van der Waals surface area (Å²) in [6, 6.07) is 2.73. The van der Waals surface area contributed by atoms with Crippen molar-refractivity contribution >= 4 is 16.9 Å². The number of hydrogen-bond acceptors (Lipinski definition) is 10. The predicted molar refractivity (Wildman–Crippen MR) is 112 cm³/mol. The Balaban J connectivity index is 1.83. The molecule has 3 aromatic heterocycles. The largest absolute Gasteiger partial charge is 0.480 e. The number of halogens is 2. The van der Waals surface area contributed by atoms with E-state index in [9.17, 15) is 13.9 Å². The number of aliphatic hydroxyl groups excluding tert-OH is 1. The van der Waals surface area contributed by atoms with Crippen LogP contribution in [0, 0.1) is 11.6 Å². The van der Waals surface area contributed by atoms with E-state index in [-0.39, 0.29) is 41.7 Å². The Morgan fingerprint density at radius 3 is 2.64 bits per heavy atom. The zero-order valence-electron chi connectivity index (χ0n) is 17.8. The van der Waals surface area contributed by atoms with E-state index in [2.05, 4.69) is 35.5 Å². The van der Waals surface area contributed by atoms with E-state index in [0.717, 1.165) is 12.1 Å². The molecule has 0 bridgehead atoms. The molecule has 1 unspecified atom stereocenters. The number of hydrogen-bond donors (Lipinski definition) is 3. The number of anilines is 1. The molecule has 0 aliphatic heterocycles. The second-order valence-corrected chi connectivity index (χ2v) is 6.84. The molecule has 0 saturated heterocycles. The minimum Gasteiger partial charge on any atom is -0.480 e. The van der Waals surface area contributed by atoms with Crippen molar-refractivity contribution in [3.8, 4) is 34.9 Å². The van der Waals surface area contributed by atoms with Gasteiger partial charge in [-0.1, -0.05) is 0 Å². The molecule has 4 rings (SSSR count). The van der Waals surface area contributed by atoms with Crippen LogP contribution in [0.3, 0.4) is 0 Å². The lowest BCUT2D eigenvalue weighted by molar-refractivity contribution is 0.208.